The zero-order chi connectivity index (χ0) is 7.49. The molecule has 56 valence electrons. The van der Waals surface area contributed by atoms with Crippen LogP contribution in [-0.2, 0) is 0 Å². The molecule has 0 heterocycles. The van der Waals surface area contributed by atoms with Crippen LogP contribution in [0.5, 0.6) is 0 Å². The topological polar surface area (TPSA) is 27.3 Å². The van der Waals surface area contributed by atoms with Crippen molar-refractivity contribution in [1.82, 2.24) is 15.5 Å². The van der Waals surface area contributed by atoms with Gasteiger partial charge in [0, 0.05) is 0 Å². The van der Waals surface area contributed by atoms with Crippen molar-refractivity contribution in [2.45, 2.75) is 3.79 Å². The summed E-state index contributed by atoms with van der Waals surface area (Å²) in [5, 5.41) is 6.26. The van der Waals surface area contributed by atoms with Gasteiger partial charge in [-0.25, -0.2) is 0 Å². The average molecular weight is 243 g/mol. The predicted molar refractivity (Wildman–Crippen MR) is 48.6 cm³/mol. The van der Waals surface area contributed by atoms with Crippen molar-refractivity contribution in [3.8, 4) is 0 Å². The van der Waals surface area contributed by atoms with Crippen LogP contribution in [0.25, 0.3) is 0 Å². The second kappa shape index (κ2) is 3.70. The highest BCUT2D eigenvalue weighted by Crippen LogP contribution is 2.11. The predicted octanol–water partition coefficient (Wildman–Crippen LogP) is 0.0331. The molecule has 2 N–H and O–H groups in total. The molecule has 0 unspecified atom stereocenters. The summed E-state index contributed by atoms with van der Waals surface area (Å²) in [5.41, 5.74) is 0. The van der Waals surface area contributed by atoms with E-state index in [1.165, 1.54) is 0 Å². The van der Waals surface area contributed by atoms with Gasteiger partial charge in [0.05, 0.1) is 0 Å². The summed E-state index contributed by atoms with van der Waals surface area (Å²) in [6.45, 7) is 0. The lowest BCUT2D eigenvalue weighted by molar-refractivity contribution is 0.208. The van der Waals surface area contributed by atoms with E-state index >= 15 is 0 Å². The zero-order valence-corrected chi connectivity index (χ0v) is 8.48. The molecule has 0 bridgehead atoms. The highest BCUT2D eigenvalue weighted by atomic mass is 127. The summed E-state index contributed by atoms with van der Waals surface area (Å²) in [6, 6.07) is 0. The van der Waals surface area contributed by atoms with E-state index in [9.17, 15) is 0 Å². The lowest BCUT2D eigenvalue weighted by atomic mass is 10.7. The molecule has 4 heteroatoms. The van der Waals surface area contributed by atoms with E-state index < -0.39 is 0 Å². The highest BCUT2D eigenvalue weighted by Gasteiger charge is 2.23. The smallest absolute Gasteiger partial charge is 0.178 e. The van der Waals surface area contributed by atoms with Gasteiger partial charge in [0.15, 0.2) is 3.79 Å². The number of alkyl halides is 1. The van der Waals surface area contributed by atoms with Crippen molar-refractivity contribution in [3.05, 3.63) is 0 Å². The van der Waals surface area contributed by atoms with Gasteiger partial charge >= 0.3 is 0 Å². The molecule has 0 aliphatic heterocycles. The van der Waals surface area contributed by atoms with Crippen LogP contribution in [0.4, 0.5) is 0 Å². The van der Waals surface area contributed by atoms with Crippen molar-refractivity contribution in [1.29, 1.82) is 0 Å². The SMILES string of the molecule is CNC(I)(NC)N(C)C. The van der Waals surface area contributed by atoms with Gasteiger partial charge in [-0.05, 0) is 50.8 Å². The summed E-state index contributed by atoms with van der Waals surface area (Å²) < 4.78 is -0.113. The van der Waals surface area contributed by atoms with Gasteiger partial charge in [-0.1, -0.05) is 0 Å². The van der Waals surface area contributed by atoms with E-state index in [1.807, 2.05) is 28.2 Å². The van der Waals surface area contributed by atoms with Crippen LogP contribution in [-0.4, -0.2) is 36.9 Å². The van der Waals surface area contributed by atoms with Crippen LogP contribution in [0.1, 0.15) is 0 Å². The van der Waals surface area contributed by atoms with Crippen molar-refractivity contribution in [2.75, 3.05) is 28.2 Å². The molecule has 0 aromatic heterocycles. The van der Waals surface area contributed by atoms with E-state index in [1.54, 1.807) is 0 Å². The zero-order valence-electron chi connectivity index (χ0n) is 6.33. The number of rotatable bonds is 3. The van der Waals surface area contributed by atoms with Gasteiger partial charge in [0.1, 0.15) is 0 Å². The second-order valence-corrected chi connectivity index (χ2v) is 3.58. The van der Waals surface area contributed by atoms with E-state index in [2.05, 4.69) is 38.1 Å². The quantitative estimate of drug-likeness (QED) is 0.317. The Morgan fingerprint density at radius 1 is 1.22 bits per heavy atom. The number of nitrogens with one attached hydrogen (secondary N) is 2. The largest absolute Gasteiger partial charge is 0.281 e. The molecule has 0 aromatic rings. The van der Waals surface area contributed by atoms with Gasteiger partial charge in [0.25, 0.3) is 0 Å². The normalized spacial score (nSPS) is 12.7. The molecular formula is C5H14IN3. The maximum absolute atomic E-state index is 3.13. The van der Waals surface area contributed by atoms with E-state index in [0.29, 0.717) is 0 Å². The molecule has 0 aliphatic rings. The maximum Gasteiger partial charge on any atom is 0.178 e. The van der Waals surface area contributed by atoms with Gasteiger partial charge in [-0.3, -0.25) is 15.5 Å². The molecule has 0 aromatic carbocycles. The minimum absolute atomic E-state index is 0.113. The Hall–Kier alpha value is 0.610. The summed E-state index contributed by atoms with van der Waals surface area (Å²) >= 11 is 2.30. The van der Waals surface area contributed by atoms with Gasteiger partial charge < -0.3 is 0 Å². The lowest BCUT2D eigenvalue weighted by Gasteiger charge is -2.33. The molecule has 0 radical (unpaired) electrons. The molecule has 0 spiro atoms. The van der Waals surface area contributed by atoms with E-state index in [0.717, 1.165) is 0 Å². The van der Waals surface area contributed by atoms with Crippen LogP contribution in [0.15, 0.2) is 0 Å². The van der Waals surface area contributed by atoms with Crippen LogP contribution in [0.2, 0.25) is 0 Å². The minimum atomic E-state index is -0.113. The third-order valence-corrected chi connectivity index (χ3v) is 3.32. The van der Waals surface area contributed by atoms with Gasteiger partial charge in [-0.15, -0.1) is 0 Å². The first-order valence-electron chi connectivity index (χ1n) is 2.81. The van der Waals surface area contributed by atoms with Crippen molar-refractivity contribution < 1.29 is 0 Å². The molecule has 0 saturated heterocycles. The summed E-state index contributed by atoms with van der Waals surface area (Å²) in [4.78, 5) is 2.06. The summed E-state index contributed by atoms with van der Waals surface area (Å²) in [7, 11) is 7.87. The van der Waals surface area contributed by atoms with Crippen LogP contribution < -0.4 is 10.6 Å². The van der Waals surface area contributed by atoms with E-state index in [4.69, 9.17) is 0 Å². The molecule has 0 amide bonds. The number of halogens is 1. The molecule has 0 aliphatic carbocycles. The third-order valence-electron chi connectivity index (χ3n) is 1.28. The van der Waals surface area contributed by atoms with Gasteiger partial charge in [0.2, 0.25) is 0 Å². The molecule has 3 nitrogen and oxygen atoms in total. The molecule has 0 rings (SSSR count). The fourth-order valence-electron chi connectivity index (χ4n) is 0.572. The number of hydrogen-bond donors (Lipinski definition) is 2. The second-order valence-electron chi connectivity index (χ2n) is 2.02. The highest BCUT2D eigenvalue weighted by molar-refractivity contribution is 14.1. The fourth-order valence-corrected chi connectivity index (χ4v) is 0.572. The van der Waals surface area contributed by atoms with Crippen LogP contribution in [0.3, 0.4) is 0 Å². The van der Waals surface area contributed by atoms with E-state index in [-0.39, 0.29) is 3.79 Å². The minimum Gasteiger partial charge on any atom is -0.281 e. The number of hydrogen-bond acceptors (Lipinski definition) is 3. The monoisotopic (exact) mass is 243 g/mol. The van der Waals surface area contributed by atoms with Gasteiger partial charge in [-0.2, -0.15) is 0 Å². The molecule has 0 atom stereocenters. The fraction of sp³-hybridized carbons (Fsp3) is 1.00. The Bertz CT molecular complexity index is 80.3. The first kappa shape index (κ1) is 9.61. The standard InChI is InChI=1S/C5H14IN3/c1-7-5(6,8-2)9(3)4/h7-8H,1-4H3. The maximum atomic E-state index is 3.13. The first-order valence-corrected chi connectivity index (χ1v) is 3.89. The Morgan fingerprint density at radius 3 is 1.56 bits per heavy atom. The third kappa shape index (κ3) is 2.37. The lowest BCUT2D eigenvalue weighted by Crippen LogP contribution is -2.58. The Labute approximate surface area is 70.3 Å². The van der Waals surface area contributed by atoms with Crippen molar-refractivity contribution in [2.24, 2.45) is 0 Å². The molecule has 0 fully saturated rings. The van der Waals surface area contributed by atoms with Crippen LogP contribution in [0, 0.1) is 0 Å². The first-order chi connectivity index (χ1) is 4.06. The molecule has 9 heavy (non-hydrogen) atoms. The summed E-state index contributed by atoms with van der Waals surface area (Å²) in [6.07, 6.45) is 0. The van der Waals surface area contributed by atoms with Crippen LogP contribution >= 0.6 is 22.6 Å². The summed E-state index contributed by atoms with van der Waals surface area (Å²) in [5.74, 6) is 0. The number of nitrogens with zero attached hydrogens (tertiary/aromatic N) is 1. The molecular weight excluding hydrogens is 229 g/mol. The average Bonchev–Trinajstić information content (AvgIpc) is 1.86. The Kier molecular flexibility index (Phi) is 3.95. The molecule has 0 saturated carbocycles. The Balaban J connectivity index is 3.92. The van der Waals surface area contributed by atoms with Crippen molar-refractivity contribution in [3.63, 3.8) is 0 Å². The van der Waals surface area contributed by atoms with Crippen molar-refractivity contribution >= 4 is 22.6 Å². The Morgan fingerprint density at radius 2 is 1.56 bits per heavy atom.